The molecule has 5 heteroatoms. The van der Waals surface area contributed by atoms with Crippen LogP contribution in [0.15, 0.2) is 150 Å². The lowest BCUT2D eigenvalue weighted by atomic mass is 10.0. The van der Waals surface area contributed by atoms with Gasteiger partial charge in [0.1, 0.15) is 11.2 Å². The normalized spacial score (nSPS) is 15.1. The smallest absolute Gasteiger partial charge is 0.164 e. The van der Waals surface area contributed by atoms with Crippen LogP contribution in [-0.2, 0) is 0 Å². The first kappa shape index (κ1) is 16.0. The number of hydrogen-bond acceptors (Lipinski definition) is 4. The van der Waals surface area contributed by atoms with E-state index in [1.165, 1.54) is 12.1 Å². The molecule has 3 aromatic heterocycles. The first-order valence-electron chi connectivity index (χ1n) is 19.2. The van der Waals surface area contributed by atoms with Crippen molar-refractivity contribution in [1.29, 1.82) is 0 Å². The van der Waals surface area contributed by atoms with Gasteiger partial charge in [0.15, 0.2) is 17.5 Å². The molecule has 44 heavy (non-hydrogen) atoms. The van der Waals surface area contributed by atoms with Gasteiger partial charge in [-0.25, -0.2) is 15.0 Å². The molecule has 9 aromatic rings. The van der Waals surface area contributed by atoms with Crippen LogP contribution < -0.4 is 0 Å². The number of fused-ring (bicyclic) bond motifs is 6. The number of para-hydroxylation sites is 2. The molecule has 0 N–H and O–H groups in total. The first-order valence-corrected chi connectivity index (χ1v) is 13.7. The zero-order valence-corrected chi connectivity index (χ0v) is 22.7. The van der Waals surface area contributed by atoms with Gasteiger partial charge in [0.05, 0.1) is 26.1 Å². The summed E-state index contributed by atoms with van der Waals surface area (Å²) >= 11 is 0. The van der Waals surface area contributed by atoms with E-state index in [2.05, 4.69) is 4.98 Å². The van der Waals surface area contributed by atoms with Crippen molar-refractivity contribution in [3.05, 3.63) is 145 Å². The van der Waals surface area contributed by atoms with Gasteiger partial charge in [-0.3, -0.25) is 0 Å². The molecule has 0 atom stereocenters. The van der Waals surface area contributed by atoms with Crippen LogP contribution in [0.4, 0.5) is 0 Å². The van der Waals surface area contributed by atoms with E-state index in [0.29, 0.717) is 38.8 Å². The van der Waals surface area contributed by atoms with E-state index in [-0.39, 0.29) is 81.1 Å². The second kappa shape index (κ2) is 9.75. The summed E-state index contributed by atoms with van der Waals surface area (Å²) < 4.78 is 102. The van der Waals surface area contributed by atoms with Crippen LogP contribution in [0, 0.1) is 0 Å². The molecule has 0 saturated carbocycles. The van der Waals surface area contributed by atoms with Gasteiger partial charge in [-0.1, -0.05) is 109 Å². The van der Waals surface area contributed by atoms with Crippen molar-refractivity contribution in [3.8, 4) is 39.9 Å². The van der Waals surface area contributed by atoms with Gasteiger partial charge in [-0.15, -0.1) is 0 Å². The molecular formula is C39H24N4O. The Hall–Kier alpha value is -6.07. The average molecular weight is 576 g/mol. The number of nitrogens with zero attached hydrogens (tertiary/aromatic N) is 4. The van der Waals surface area contributed by atoms with Crippen LogP contribution in [0.1, 0.15) is 15.1 Å². The van der Waals surface area contributed by atoms with E-state index < -0.39 is 30.2 Å². The minimum Gasteiger partial charge on any atom is -0.456 e. The summed E-state index contributed by atoms with van der Waals surface area (Å²) in [6.45, 7) is 0. The van der Waals surface area contributed by atoms with E-state index in [1.54, 1.807) is 53.1 Å². The second-order valence-electron chi connectivity index (χ2n) is 10.0. The lowest BCUT2D eigenvalue weighted by Crippen LogP contribution is -2.00. The van der Waals surface area contributed by atoms with Gasteiger partial charge in [-0.2, -0.15) is 0 Å². The third kappa shape index (κ3) is 3.83. The summed E-state index contributed by atoms with van der Waals surface area (Å²) in [5.74, 6) is 0.278. The number of rotatable bonds is 4. The highest BCUT2D eigenvalue weighted by atomic mass is 16.3. The summed E-state index contributed by atoms with van der Waals surface area (Å²) in [6, 6.07) is 18.6. The summed E-state index contributed by atoms with van der Waals surface area (Å²) in [7, 11) is 0. The topological polar surface area (TPSA) is 56.7 Å². The van der Waals surface area contributed by atoms with Crippen molar-refractivity contribution in [2.24, 2.45) is 0 Å². The summed E-state index contributed by atoms with van der Waals surface area (Å²) in [6.07, 6.45) is 0. The minimum atomic E-state index is -0.535. The Kier molecular flexibility index (Phi) is 3.54. The Morgan fingerprint density at radius 2 is 1.23 bits per heavy atom. The van der Waals surface area contributed by atoms with Crippen LogP contribution >= 0.6 is 0 Å². The fourth-order valence-electron chi connectivity index (χ4n) is 5.60. The van der Waals surface area contributed by atoms with Gasteiger partial charge in [0.25, 0.3) is 0 Å². The molecule has 0 amide bonds. The van der Waals surface area contributed by atoms with E-state index in [9.17, 15) is 0 Å². The van der Waals surface area contributed by atoms with Crippen LogP contribution in [-0.4, -0.2) is 19.5 Å². The Bertz CT molecular complexity index is 3030. The molecule has 206 valence electrons. The maximum absolute atomic E-state index is 8.82. The third-order valence-corrected chi connectivity index (χ3v) is 7.50. The number of hydrogen-bond donors (Lipinski definition) is 0. The molecule has 5 nitrogen and oxygen atoms in total. The van der Waals surface area contributed by atoms with Crippen LogP contribution in [0.2, 0.25) is 0 Å². The van der Waals surface area contributed by atoms with Crippen molar-refractivity contribution in [1.82, 2.24) is 19.5 Å². The van der Waals surface area contributed by atoms with Crippen LogP contribution in [0.3, 0.4) is 0 Å². The zero-order valence-electron chi connectivity index (χ0n) is 33.7. The quantitative estimate of drug-likeness (QED) is 0.210. The van der Waals surface area contributed by atoms with E-state index in [1.807, 2.05) is 18.2 Å². The Balaban J connectivity index is 1.31. The second-order valence-corrected chi connectivity index (χ2v) is 10.0. The lowest BCUT2D eigenvalue weighted by Gasteiger charge is -2.09. The standard InChI is InChI=1S/C39H24N4O/c1-3-12-25(13-4-1)37-40-38(26-14-5-2-6-15-26)42-39(41-37)31-18-11-21-34-36(31)30-23-22-27(24-35(30)44-34)43-32-19-9-7-16-28(32)29-17-8-10-20-33(29)43/h1-24H/i1D,3D,4D,7D,8D,12D,13D,16D,17D,19D,20D. The van der Waals surface area contributed by atoms with Gasteiger partial charge < -0.3 is 8.98 Å². The fraction of sp³-hybridized carbons (Fsp3) is 0. The largest absolute Gasteiger partial charge is 0.456 e. The first-order chi connectivity index (χ1) is 26.3. The van der Waals surface area contributed by atoms with E-state index in [0.717, 1.165) is 0 Å². The summed E-state index contributed by atoms with van der Waals surface area (Å²) in [4.78, 5) is 14.1. The molecule has 0 radical (unpaired) electrons. The highest BCUT2D eigenvalue weighted by Gasteiger charge is 2.19. The highest BCUT2D eigenvalue weighted by Crippen LogP contribution is 2.39. The monoisotopic (exact) mass is 575 g/mol. The van der Waals surface area contributed by atoms with Crippen molar-refractivity contribution < 1.29 is 19.5 Å². The maximum Gasteiger partial charge on any atom is 0.164 e. The molecule has 0 bridgehead atoms. The molecule has 6 aromatic carbocycles. The van der Waals surface area contributed by atoms with Gasteiger partial charge in [0, 0.05) is 50.0 Å². The van der Waals surface area contributed by atoms with Crippen molar-refractivity contribution in [3.63, 3.8) is 0 Å². The number of aromatic nitrogens is 4. The van der Waals surface area contributed by atoms with E-state index in [4.69, 9.17) is 29.5 Å². The Morgan fingerprint density at radius 3 is 1.98 bits per heavy atom. The summed E-state index contributed by atoms with van der Waals surface area (Å²) in [5.41, 5.74) is 2.72. The maximum atomic E-state index is 8.82. The van der Waals surface area contributed by atoms with Crippen LogP contribution in [0.25, 0.3) is 83.6 Å². The number of benzene rings is 6. The molecule has 0 unspecified atom stereocenters. The average Bonchev–Trinajstić information content (AvgIpc) is 3.75. The zero-order chi connectivity index (χ0) is 38.6. The summed E-state index contributed by atoms with van der Waals surface area (Å²) in [5, 5.41) is 1.55. The van der Waals surface area contributed by atoms with Crippen molar-refractivity contribution >= 4 is 43.7 Å². The predicted molar refractivity (Wildman–Crippen MR) is 178 cm³/mol. The van der Waals surface area contributed by atoms with Gasteiger partial charge in [-0.05, 0) is 30.3 Å². The van der Waals surface area contributed by atoms with Gasteiger partial charge in [0.2, 0.25) is 0 Å². The predicted octanol–water partition coefficient (Wildman–Crippen LogP) is 9.87. The molecular weight excluding hydrogens is 540 g/mol. The molecule has 3 heterocycles. The molecule has 0 aliphatic carbocycles. The minimum absolute atomic E-state index is 0.0801. The molecule has 0 spiro atoms. The SMILES string of the molecule is [2H]c1cc([2H])c2c(c1[2H])c1c([2H])c([2H])cc([2H])c1n2-c1ccc2c(c1)oc1cccc(-c3nc(-c4ccccc4)nc(-c4c([2H])c([2H])c([2H])c([2H])c4[2H])n3)c12. The van der Waals surface area contributed by atoms with Crippen molar-refractivity contribution in [2.75, 3.05) is 0 Å². The highest BCUT2D eigenvalue weighted by molar-refractivity contribution is 6.13. The van der Waals surface area contributed by atoms with E-state index >= 15 is 0 Å². The molecule has 0 aliphatic heterocycles. The van der Waals surface area contributed by atoms with Crippen molar-refractivity contribution in [2.45, 2.75) is 0 Å². The lowest BCUT2D eigenvalue weighted by molar-refractivity contribution is 0.668. The molecule has 0 aliphatic rings. The molecule has 0 fully saturated rings. The van der Waals surface area contributed by atoms with Crippen LogP contribution in [0.5, 0.6) is 0 Å². The number of furan rings is 1. The Morgan fingerprint density at radius 1 is 0.523 bits per heavy atom. The Labute approximate surface area is 268 Å². The molecule has 9 rings (SSSR count). The van der Waals surface area contributed by atoms with Gasteiger partial charge >= 0.3 is 0 Å². The molecule has 0 saturated heterocycles. The fourth-order valence-corrected chi connectivity index (χ4v) is 5.60. The third-order valence-electron chi connectivity index (χ3n) is 7.50.